The first-order valence-electron chi connectivity index (χ1n) is 9.40. The molecular weight excluding hydrogens is 298 g/mol. The van der Waals surface area contributed by atoms with Gasteiger partial charge in [0.25, 0.3) is 0 Å². The van der Waals surface area contributed by atoms with Crippen molar-refractivity contribution in [2.45, 2.75) is 64.0 Å². The molecule has 24 heavy (non-hydrogen) atoms. The van der Waals surface area contributed by atoms with Crippen molar-refractivity contribution in [3.63, 3.8) is 0 Å². The van der Waals surface area contributed by atoms with Gasteiger partial charge in [-0.05, 0) is 49.7 Å². The number of rotatable bonds is 1. The smallest absolute Gasteiger partial charge is 0.250 e. The van der Waals surface area contributed by atoms with Crippen molar-refractivity contribution in [2.75, 3.05) is 23.7 Å². The van der Waals surface area contributed by atoms with Gasteiger partial charge in [0.15, 0.2) is 0 Å². The quantitative estimate of drug-likeness (QED) is 0.823. The molecule has 1 spiro atoms. The third kappa shape index (κ3) is 2.81. The first-order valence-corrected chi connectivity index (χ1v) is 9.40. The van der Waals surface area contributed by atoms with Crippen molar-refractivity contribution in [2.24, 2.45) is 5.41 Å². The zero-order valence-corrected chi connectivity index (χ0v) is 14.9. The van der Waals surface area contributed by atoms with Gasteiger partial charge in [-0.15, -0.1) is 0 Å². The van der Waals surface area contributed by atoms with Crippen molar-refractivity contribution < 1.29 is 4.79 Å². The van der Waals surface area contributed by atoms with Crippen LogP contribution in [-0.2, 0) is 4.79 Å². The number of anilines is 2. The van der Waals surface area contributed by atoms with E-state index in [1.807, 2.05) is 18.2 Å². The number of nitrogens with zero attached hydrogens (tertiary/aromatic N) is 1. The van der Waals surface area contributed by atoms with E-state index in [-0.39, 0.29) is 5.91 Å². The van der Waals surface area contributed by atoms with E-state index in [9.17, 15) is 4.79 Å². The summed E-state index contributed by atoms with van der Waals surface area (Å²) in [5.74, 6) is 0.143. The highest BCUT2D eigenvalue weighted by Crippen LogP contribution is 2.40. The highest BCUT2D eigenvalue weighted by molar-refractivity contribution is 6.06. The maximum Gasteiger partial charge on any atom is 0.250 e. The lowest BCUT2D eigenvalue weighted by atomic mass is 9.74. The first kappa shape index (κ1) is 15.9. The zero-order valence-electron chi connectivity index (χ0n) is 14.9. The summed E-state index contributed by atoms with van der Waals surface area (Å²) in [6.45, 7) is 6.84. The minimum Gasteiger partial charge on any atom is -0.369 e. The number of piperidine rings is 1. The highest BCUT2D eigenvalue weighted by atomic mass is 16.2. The number of carbonyl (C=O) groups excluding carboxylic acids is 1. The molecule has 1 amide bonds. The molecule has 0 unspecified atom stereocenters. The number of fused-ring (bicyclic) bond motifs is 1. The van der Waals surface area contributed by atoms with Crippen LogP contribution in [0.15, 0.2) is 24.3 Å². The van der Waals surface area contributed by atoms with Gasteiger partial charge in [0.1, 0.15) is 5.54 Å². The Hall–Kier alpha value is -1.55. The van der Waals surface area contributed by atoms with Gasteiger partial charge < -0.3 is 15.5 Å². The Morgan fingerprint density at radius 2 is 1.79 bits per heavy atom. The summed E-state index contributed by atoms with van der Waals surface area (Å²) in [7, 11) is 0. The lowest BCUT2D eigenvalue weighted by Crippen LogP contribution is -2.60. The fourth-order valence-corrected chi connectivity index (χ4v) is 4.85. The second kappa shape index (κ2) is 5.76. The molecule has 4 heteroatoms. The van der Waals surface area contributed by atoms with Gasteiger partial charge in [0.05, 0.1) is 11.4 Å². The SMILES string of the molecule is CC1(C)CCC[C@@H](N2CCC3(CC2)Nc2ccccc2NC3=O)C1. The van der Waals surface area contributed by atoms with E-state index in [4.69, 9.17) is 0 Å². The van der Waals surface area contributed by atoms with Gasteiger partial charge >= 0.3 is 0 Å². The molecular formula is C20H29N3O. The maximum absolute atomic E-state index is 12.7. The van der Waals surface area contributed by atoms with Crippen LogP contribution < -0.4 is 10.6 Å². The molecule has 130 valence electrons. The number of amides is 1. The third-order valence-electron chi connectivity index (χ3n) is 6.33. The van der Waals surface area contributed by atoms with Gasteiger partial charge in [-0.2, -0.15) is 0 Å². The highest BCUT2D eigenvalue weighted by Gasteiger charge is 2.45. The monoisotopic (exact) mass is 327 g/mol. The van der Waals surface area contributed by atoms with Crippen molar-refractivity contribution in [1.29, 1.82) is 0 Å². The summed E-state index contributed by atoms with van der Waals surface area (Å²) in [5.41, 5.74) is 2.01. The summed E-state index contributed by atoms with van der Waals surface area (Å²) >= 11 is 0. The Labute approximate surface area is 145 Å². The average molecular weight is 327 g/mol. The van der Waals surface area contributed by atoms with E-state index in [1.165, 1.54) is 25.7 Å². The third-order valence-corrected chi connectivity index (χ3v) is 6.33. The Balaban J connectivity index is 1.45. The fraction of sp³-hybridized carbons (Fsp3) is 0.650. The number of benzene rings is 1. The number of para-hydroxylation sites is 2. The van der Waals surface area contributed by atoms with E-state index < -0.39 is 5.54 Å². The predicted molar refractivity (Wildman–Crippen MR) is 98.3 cm³/mol. The van der Waals surface area contributed by atoms with Crippen LogP contribution >= 0.6 is 0 Å². The zero-order chi connectivity index (χ0) is 16.8. The number of hydrogen-bond donors (Lipinski definition) is 2. The number of carbonyl (C=O) groups is 1. The van der Waals surface area contributed by atoms with Crippen molar-refractivity contribution in [1.82, 2.24) is 4.90 Å². The molecule has 4 rings (SSSR count). The van der Waals surface area contributed by atoms with E-state index in [0.29, 0.717) is 11.5 Å². The molecule has 4 nitrogen and oxygen atoms in total. The molecule has 1 aromatic carbocycles. The van der Waals surface area contributed by atoms with Gasteiger partial charge in [-0.1, -0.05) is 32.4 Å². The summed E-state index contributed by atoms with van der Waals surface area (Å²) in [6, 6.07) is 8.71. The Bertz CT molecular complexity index is 632. The van der Waals surface area contributed by atoms with Crippen LogP contribution in [0.3, 0.4) is 0 Å². The Kier molecular flexibility index (Phi) is 3.83. The lowest BCUT2D eigenvalue weighted by molar-refractivity contribution is -0.122. The molecule has 2 aliphatic heterocycles. The van der Waals surface area contributed by atoms with Crippen LogP contribution in [0.1, 0.15) is 52.4 Å². The average Bonchev–Trinajstić information content (AvgIpc) is 2.56. The second-order valence-corrected chi connectivity index (χ2v) is 8.66. The molecule has 0 bridgehead atoms. The summed E-state index contributed by atoms with van der Waals surface area (Å²) in [6.07, 6.45) is 7.09. The number of nitrogens with one attached hydrogen (secondary N) is 2. The summed E-state index contributed by atoms with van der Waals surface area (Å²) in [4.78, 5) is 15.4. The standard InChI is InChI=1S/C20H29N3O/c1-19(2)9-5-6-15(14-19)23-12-10-20(11-13-23)18(24)21-16-7-3-4-8-17(16)22-20/h3-4,7-8,15,22H,5-6,9-14H2,1-2H3,(H,21,24)/t15-/m1/s1. The van der Waals surface area contributed by atoms with E-state index in [1.54, 1.807) is 0 Å². The Morgan fingerprint density at radius 3 is 2.50 bits per heavy atom. The molecule has 2 N–H and O–H groups in total. The molecule has 1 aromatic rings. The second-order valence-electron chi connectivity index (χ2n) is 8.66. The van der Waals surface area contributed by atoms with Crippen LogP contribution in [0.25, 0.3) is 0 Å². The topological polar surface area (TPSA) is 44.4 Å². The largest absolute Gasteiger partial charge is 0.369 e. The van der Waals surface area contributed by atoms with Crippen LogP contribution in [0.2, 0.25) is 0 Å². The molecule has 3 aliphatic rings. The van der Waals surface area contributed by atoms with Crippen LogP contribution in [0.5, 0.6) is 0 Å². The van der Waals surface area contributed by atoms with E-state index in [2.05, 4.69) is 35.4 Å². The molecule has 1 saturated heterocycles. The number of likely N-dealkylation sites (tertiary alicyclic amines) is 1. The van der Waals surface area contributed by atoms with E-state index >= 15 is 0 Å². The fourth-order valence-electron chi connectivity index (χ4n) is 4.85. The lowest BCUT2D eigenvalue weighted by Gasteiger charge is -2.48. The first-order chi connectivity index (χ1) is 11.5. The molecule has 1 aliphatic carbocycles. The normalized spacial score (nSPS) is 28.8. The van der Waals surface area contributed by atoms with Gasteiger partial charge in [-0.3, -0.25) is 4.79 Å². The van der Waals surface area contributed by atoms with Crippen molar-refractivity contribution in [3.05, 3.63) is 24.3 Å². The minimum atomic E-state index is -0.422. The van der Waals surface area contributed by atoms with Gasteiger partial charge in [-0.25, -0.2) is 0 Å². The van der Waals surface area contributed by atoms with Gasteiger partial charge in [0, 0.05) is 19.1 Å². The molecule has 0 radical (unpaired) electrons. The minimum absolute atomic E-state index is 0.143. The molecule has 2 heterocycles. The Morgan fingerprint density at radius 1 is 1.08 bits per heavy atom. The van der Waals surface area contributed by atoms with Crippen LogP contribution in [-0.4, -0.2) is 35.5 Å². The molecule has 0 aromatic heterocycles. The van der Waals surface area contributed by atoms with Crippen molar-refractivity contribution >= 4 is 17.3 Å². The molecule has 1 atom stereocenters. The maximum atomic E-state index is 12.7. The predicted octanol–water partition coefficient (Wildman–Crippen LogP) is 3.85. The van der Waals surface area contributed by atoms with Crippen LogP contribution in [0.4, 0.5) is 11.4 Å². The van der Waals surface area contributed by atoms with E-state index in [0.717, 1.165) is 37.3 Å². The molecule has 2 fully saturated rings. The van der Waals surface area contributed by atoms with Crippen molar-refractivity contribution in [3.8, 4) is 0 Å². The van der Waals surface area contributed by atoms with Gasteiger partial charge in [0.2, 0.25) is 5.91 Å². The number of hydrogen-bond acceptors (Lipinski definition) is 3. The summed E-state index contributed by atoms with van der Waals surface area (Å²) in [5, 5.41) is 6.67. The van der Waals surface area contributed by atoms with Crippen LogP contribution in [0, 0.1) is 5.41 Å². The summed E-state index contributed by atoms with van der Waals surface area (Å²) < 4.78 is 0. The molecule has 1 saturated carbocycles.